The van der Waals surface area contributed by atoms with Crippen molar-refractivity contribution in [3.05, 3.63) is 11.3 Å². The summed E-state index contributed by atoms with van der Waals surface area (Å²) >= 11 is 5.45. The molecule has 5 nitrogen and oxygen atoms in total. The summed E-state index contributed by atoms with van der Waals surface area (Å²) in [7, 11) is 0. The van der Waals surface area contributed by atoms with Gasteiger partial charge in [0.25, 0.3) is 5.88 Å². The van der Waals surface area contributed by atoms with Crippen molar-refractivity contribution in [2.75, 3.05) is 6.61 Å². The molecule has 0 amide bonds. The second-order valence-electron chi connectivity index (χ2n) is 1.65. The summed E-state index contributed by atoms with van der Waals surface area (Å²) in [6.07, 6.45) is 1.15. The van der Waals surface area contributed by atoms with Crippen molar-refractivity contribution < 1.29 is 19.2 Å². The van der Waals surface area contributed by atoms with Crippen LogP contribution in [0.25, 0.3) is 0 Å². The third-order valence-electron chi connectivity index (χ3n) is 0.828. The zero-order valence-electron chi connectivity index (χ0n) is 5.28. The van der Waals surface area contributed by atoms with Gasteiger partial charge in [0, 0.05) is 0 Å². The second-order valence-corrected chi connectivity index (χ2v) is 2.06. The third kappa shape index (κ3) is 2.12. The first-order valence-corrected chi connectivity index (χ1v) is 3.02. The van der Waals surface area contributed by atoms with Gasteiger partial charge in [-0.2, -0.15) is 0 Å². The molecule has 1 N–H and O–H groups in total. The zero-order valence-corrected chi connectivity index (χ0v) is 6.04. The highest BCUT2D eigenvalue weighted by Gasteiger charge is 2.07. The molecule has 6 heteroatoms. The number of hydrogen-bond acceptors (Lipinski definition) is 4. The standard InChI is InChI=1S/C5H4ClNO4/c6-3-1-11-7-5(3)10-2-4(8)9/h1H,2H2,(H,8,9). The minimum absolute atomic E-state index is 0.00549. The van der Waals surface area contributed by atoms with Crippen LogP contribution < -0.4 is 4.74 Å². The topological polar surface area (TPSA) is 72.6 Å². The van der Waals surface area contributed by atoms with Crippen molar-refractivity contribution in [3.63, 3.8) is 0 Å². The van der Waals surface area contributed by atoms with Crippen molar-refractivity contribution in [2.24, 2.45) is 0 Å². The molecule has 1 aromatic rings. The first-order valence-electron chi connectivity index (χ1n) is 2.64. The van der Waals surface area contributed by atoms with Crippen LogP contribution in [0.15, 0.2) is 10.8 Å². The Morgan fingerprint density at radius 2 is 2.64 bits per heavy atom. The average Bonchev–Trinajstić information content (AvgIpc) is 2.31. The summed E-state index contributed by atoms with van der Waals surface area (Å²) in [5.74, 6) is -1.10. The SMILES string of the molecule is O=C(O)COc1nocc1Cl. The third-order valence-corrected chi connectivity index (χ3v) is 1.08. The Morgan fingerprint density at radius 3 is 3.09 bits per heavy atom. The molecule has 0 saturated heterocycles. The van der Waals surface area contributed by atoms with E-state index in [9.17, 15) is 4.79 Å². The number of ether oxygens (including phenoxy) is 1. The number of halogens is 1. The number of carboxylic acid groups (broad SMARTS) is 1. The number of carboxylic acids is 1. The number of aliphatic carboxylic acids is 1. The summed E-state index contributed by atoms with van der Waals surface area (Å²) in [6.45, 7) is -0.480. The van der Waals surface area contributed by atoms with Gasteiger partial charge in [-0.1, -0.05) is 11.6 Å². The number of nitrogens with zero attached hydrogens (tertiary/aromatic N) is 1. The maximum Gasteiger partial charge on any atom is 0.341 e. The lowest BCUT2D eigenvalue weighted by Crippen LogP contribution is -2.09. The zero-order chi connectivity index (χ0) is 8.27. The Morgan fingerprint density at radius 1 is 1.91 bits per heavy atom. The van der Waals surface area contributed by atoms with E-state index in [1.54, 1.807) is 0 Å². The molecule has 11 heavy (non-hydrogen) atoms. The summed E-state index contributed by atoms with van der Waals surface area (Å²) in [5, 5.41) is 11.6. The van der Waals surface area contributed by atoms with Crippen molar-refractivity contribution in [1.29, 1.82) is 0 Å². The van der Waals surface area contributed by atoms with Gasteiger partial charge in [0.2, 0.25) is 0 Å². The van der Waals surface area contributed by atoms with E-state index in [-0.39, 0.29) is 10.9 Å². The Kier molecular flexibility index (Phi) is 2.32. The van der Waals surface area contributed by atoms with E-state index < -0.39 is 12.6 Å². The van der Waals surface area contributed by atoms with Crippen LogP contribution in [-0.2, 0) is 4.79 Å². The molecule has 0 aliphatic heterocycles. The molecule has 0 aliphatic carbocycles. The summed E-state index contributed by atoms with van der Waals surface area (Å²) in [5.41, 5.74) is 0. The van der Waals surface area contributed by atoms with Gasteiger partial charge in [-0.3, -0.25) is 0 Å². The molecule has 1 aromatic heterocycles. The Balaban J connectivity index is 2.51. The van der Waals surface area contributed by atoms with Crippen LogP contribution >= 0.6 is 11.6 Å². The van der Waals surface area contributed by atoms with E-state index in [1.807, 2.05) is 0 Å². The van der Waals surface area contributed by atoms with Crippen LogP contribution in [0, 0.1) is 0 Å². The highest BCUT2D eigenvalue weighted by molar-refractivity contribution is 6.31. The van der Waals surface area contributed by atoms with Gasteiger partial charge < -0.3 is 14.4 Å². The lowest BCUT2D eigenvalue weighted by atomic mass is 10.7. The number of carbonyl (C=O) groups is 1. The first-order chi connectivity index (χ1) is 5.20. The van der Waals surface area contributed by atoms with Gasteiger partial charge in [-0.05, 0) is 5.16 Å². The van der Waals surface area contributed by atoms with Gasteiger partial charge >= 0.3 is 5.97 Å². The minimum Gasteiger partial charge on any atom is -0.479 e. The van der Waals surface area contributed by atoms with Crippen molar-refractivity contribution >= 4 is 17.6 Å². The average molecular weight is 178 g/mol. The largest absolute Gasteiger partial charge is 0.479 e. The number of rotatable bonds is 3. The van der Waals surface area contributed by atoms with Gasteiger partial charge in [-0.25, -0.2) is 4.79 Å². The first kappa shape index (κ1) is 7.87. The lowest BCUT2D eigenvalue weighted by molar-refractivity contribution is -0.139. The van der Waals surface area contributed by atoms with E-state index in [1.165, 1.54) is 0 Å². The van der Waals surface area contributed by atoms with Crippen LogP contribution in [0.3, 0.4) is 0 Å². The molecular formula is C5H4ClNO4. The fourth-order valence-corrected chi connectivity index (χ4v) is 0.569. The summed E-state index contributed by atoms with van der Waals surface area (Å²) in [6, 6.07) is 0. The van der Waals surface area contributed by atoms with E-state index in [0.717, 1.165) is 6.26 Å². The highest BCUT2D eigenvalue weighted by atomic mass is 35.5. The molecule has 0 bridgehead atoms. The molecule has 1 heterocycles. The monoisotopic (exact) mass is 177 g/mol. The summed E-state index contributed by atoms with van der Waals surface area (Å²) < 4.78 is 8.98. The second kappa shape index (κ2) is 3.25. The predicted molar refractivity (Wildman–Crippen MR) is 34.6 cm³/mol. The molecule has 0 unspecified atom stereocenters. The van der Waals surface area contributed by atoms with Crippen LogP contribution in [0.4, 0.5) is 0 Å². The van der Waals surface area contributed by atoms with Crippen LogP contribution in [0.1, 0.15) is 0 Å². The van der Waals surface area contributed by atoms with Crippen molar-refractivity contribution in [2.45, 2.75) is 0 Å². The Hall–Kier alpha value is -1.23. The van der Waals surface area contributed by atoms with Crippen molar-refractivity contribution in [1.82, 2.24) is 5.16 Å². The minimum atomic E-state index is -1.09. The van der Waals surface area contributed by atoms with Gasteiger partial charge in [-0.15, -0.1) is 0 Å². The molecule has 0 aromatic carbocycles. The molecule has 60 valence electrons. The smallest absolute Gasteiger partial charge is 0.341 e. The van der Waals surface area contributed by atoms with Crippen LogP contribution in [0.5, 0.6) is 5.88 Å². The highest BCUT2D eigenvalue weighted by Crippen LogP contribution is 2.20. The Bertz CT molecular complexity index is 259. The molecular weight excluding hydrogens is 174 g/mol. The van der Waals surface area contributed by atoms with E-state index in [2.05, 4.69) is 14.4 Å². The van der Waals surface area contributed by atoms with Crippen molar-refractivity contribution in [3.8, 4) is 5.88 Å². The molecule has 0 radical (unpaired) electrons. The maximum atomic E-state index is 9.98. The quantitative estimate of drug-likeness (QED) is 0.739. The molecule has 1 rings (SSSR count). The maximum absolute atomic E-state index is 9.98. The number of aromatic nitrogens is 1. The Labute approximate surface area is 66.5 Å². The van der Waals surface area contributed by atoms with E-state index >= 15 is 0 Å². The van der Waals surface area contributed by atoms with Crippen LogP contribution in [0.2, 0.25) is 5.02 Å². The lowest BCUT2D eigenvalue weighted by Gasteiger charge is -1.95. The molecule has 0 aliphatic rings. The van der Waals surface area contributed by atoms with Crippen LogP contribution in [-0.4, -0.2) is 22.8 Å². The molecule has 0 fully saturated rings. The molecule has 0 spiro atoms. The van der Waals surface area contributed by atoms with E-state index in [0.29, 0.717) is 0 Å². The molecule has 0 saturated carbocycles. The van der Waals surface area contributed by atoms with E-state index in [4.69, 9.17) is 16.7 Å². The molecule has 0 atom stereocenters. The normalized spacial score (nSPS) is 9.55. The number of hydrogen-bond donors (Lipinski definition) is 1. The van der Waals surface area contributed by atoms with Gasteiger partial charge in [0.05, 0.1) is 0 Å². The van der Waals surface area contributed by atoms with Gasteiger partial charge in [0.15, 0.2) is 6.61 Å². The summed E-state index contributed by atoms with van der Waals surface area (Å²) in [4.78, 5) is 9.98. The fourth-order valence-electron chi connectivity index (χ4n) is 0.440. The van der Waals surface area contributed by atoms with Gasteiger partial charge in [0.1, 0.15) is 11.3 Å². The predicted octanol–water partition coefficient (Wildman–Crippen LogP) is 0.791. The fraction of sp³-hybridized carbons (Fsp3) is 0.200.